The van der Waals surface area contributed by atoms with Crippen molar-refractivity contribution >= 4 is 11.0 Å². The Morgan fingerprint density at radius 1 is 0.824 bits per heavy atom. The fourth-order valence-electron chi connectivity index (χ4n) is 3.79. The minimum absolute atomic E-state index is 0.380. The molecular formula is C24H30N6O4. The first-order valence-corrected chi connectivity index (χ1v) is 11.7. The van der Waals surface area contributed by atoms with Gasteiger partial charge in [0.1, 0.15) is 42.4 Å². The molecule has 0 radical (unpaired) electrons. The fraction of sp³-hybridized carbons (Fsp3) is 0.458. The number of rotatable bonds is 14. The van der Waals surface area contributed by atoms with Gasteiger partial charge in [-0.25, -0.2) is 14.8 Å². The SMILES string of the molecule is Cc1cc(=O)oc2cc(OCCCCCn3cncn3)cc(OCCCCCn3cncn3)c12. The summed E-state index contributed by atoms with van der Waals surface area (Å²) in [6.07, 6.45) is 12.4. The smallest absolute Gasteiger partial charge is 0.336 e. The molecule has 0 aliphatic carbocycles. The van der Waals surface area contributed by atoms with Crippen molar-refractivity contribution in [1.29, 1.82) is 0 Å². The third kappa shape index (κ3) is 6.66. The summed E-state index contributed by atoms with van der Waals surface area (Å²) in [5.74, 6) is 1.31. The summed E-state index contributed by atoms with van der Waals surface area (Å²) in [5.41, 5.74) is 0.927. The Morgan fingerprint density at radius 3 is 2.09 bits per heavy atom. The molecule has 3 aromatic heterocycles. The highest BCUT2D eigenvalue weighted by Crippen LogP contribution is 2.33. The number of benzene rings is 1. The molecule has 0 aliphatic rings. The van der Waals surface area contributed by atoms with E-state index in [1.54, 1.807) is 31.4 Å². The van der Waals surface area contributed by atoms with Crippen LogP contribution < -0.4 is 15.1 Å². The van der Waals surface area contributed by atoms with Crippen molar-refractivity contribution < 1.29 is 13.9 Å². The van der Waals surface area contributed by atoms with E-state index in [2.05, 4.69) is 20.2 Å². The maximum absolute atomic E-state index is 11.9. The summed E-state index contributed by atoms with van der Waals surface area (Å²) in [5, 5.41) is 9.03. The van der Waals surface area contributed by atoms with Gasteiger partial charge in [0.25, 0.3) is 0 Å². The van der Waals surface area contributed by atoms with Gasteiger partial charge in [0, 0.05) is 31.3 Å². The minimum Gasteiger partial charge on any atom is -0.493 e. The Labute approximate surface area is 197 Å². The maximum atomic E-state index is 11.9. The van der Waals surface area contributed by atoms with Crippen LogP contribution in [-0.4, -0.2) is 42.7 Å². The first-order valence-electron chi connectivity index (χ1n) is 11.7. The quantitative estimate of drug-likeness (QED) is 0.204. The molecule has 4 rings (SSSR count). The number of ether oxygens (including phenoxy) is 2. The number of unbranched alkanes of at least 4 members (excludes halogenated alkanes) is 4. The summed E-state index contributed by atoms with van der Waals surface area (Å²) >= 11 is 0. The van der Waals surface area contributed by atoms with E-state index in [4.69, 9.17) is 13.9 Å². The first kappa shape index (κ1) is 23.5. The summed E-state index contributed by atoms with van der Waals surface area (Å²) in [7, 11) is 0. The van der Waals surface area contributed by atoms with Crippen molar-refractivity contribution in [1.82, 2.24) is 29.5 Å². The molecule has 0 aliphatic heterocycles. The average molecular weight is 467 g/mol. The number of hydrogen-bond donors (Lipinski definition) is 0. The zero-order valence-corrected chi connectivity index (χ0v) is 19.4. The van der Waals surface area contributed by atoms with Gasteiger partial charge in [-0.2, -0.15) is 10.2 Å². The number of hydrogen-bond acceptors (Lipinski definition) is 8. The normalized spacial score (nSPS) is 11.2. The monoisotopic (exact) mass is 466 g/mol. The van der Waals surface area contributed by atoms with Gasteiger partial charge in [-0.15, -0.1) is 0 Å². The second-order valence-electron chi connectivity index (χ2n) is 8.18. The Kier molecular flexibility index (Phi) is 8.26. The van der Waals surface area contributed by atoms with Crippen LogP contribution >= 0.6 is 0 Å². The zero-order valence-electron chi connectivity index (χ0n) is 19.4. The van der Waals surface area contributed by atoms with Crippen LogP contribution in [-0.2, 0) is 13.1 Å². The molecule has 0 saturated carbocycles. The van der Waals surface area contributed by atoms with E-state index in [9.17, 15) is 4.79 Å². The number of aromatic nitrogens is 6. The third-order valence-electron chi connectivity index (χ3n) is 5.50. The Morgan fingerprint density at radius 2 is 1.47 bits per heavy atom. The van der Waals surface area contributed by atoms with Gasteiger partial charge in [0.05, 0.1) is 18.6 Å². The first-order chi connectivity index (χ1) is 16.7. The predicted molar refractivity (Wildman–Crippen MR) is 126 cm³/mol. The van der Waals surface area contributed by atoms with Crippen molar-refractivity contribution in [3.8, 4) is 11.5 Å². The van der Waals surface area contributed by atoms with Gasteiger partial charge in [-0.05, 0) is 51.0 Å². The fourth-order valence-corrected chi connectivity index (χ4v) is 3.79. The van der Waals surface area contributed by atoms with Crippen LogP contribution in [0.4, 0.5) is 0 Å². The summed E-state index contributed by atoms with van der Waals surface area (Å²) in [6.45, 7) is 4.71. The Hall–Kier alpha value is -3.69. The van der Waals surface area contributed by atoms with E-state index >= 15 is 0 Å². The van der Waals surface area contributed by atoms with Gasteiger partial charge in [-0.1, -0.05) is 0 Å². The van der Waals surface area contributed by atoms with Crippen molar-refractivity contribution in [2.45, 2.75) is 58.5 Å². The molecule has 0 N–H and O–H groups in total. The van der Waals surface area contributed by atoms with Gasteiger partial charge in [0.2, 0.25) is 0 Å². The van der Waals surface area contributed by atoms with Crippen LogP contribution in [0, 0.1) is 6.92 Å². The summed E-state index contributed by atoms with van der Waals surface area (Å²) in [4.78, 5) is 19.8. The molecule has 10 nitrogen and oxygen atoms in total. The number of aryl methyl sites for hydroxylation is 3. The molecular weight excluding hydrogens is 436 g/mol. The van der Waals surface area contributed by atoms with E-state index in [0.29, 0.717) is 30.3 Å². The lowest BCUT2D eigenvalue weighted by Crippen LogP contribution is -2.05. The maximum Gasteiger partial charge on any atom is 0.336 e. The highest BCUT2D eigenvalue weighted by Gasteiger charge is 2.12. The molecule has 0 spiro atoms. The van der Waals surface area contributed by atoms with E-state index in [0.717, 1.165) is 62.6 Å². The molecule has 0 amide bonds. The van der Waals surface area contributed by atoms with Crippen molar-refractivity contribution in [3.05, 3.63) is 59.5 Å². The van der Waals surface area contributed by atoms with Crippen molar-refractivity contribution in [2.75, 3.05) is 13.2 Å². The van der Waals surface area contributed by atoms with Crippen LogP contribution in [0.25, 0.3) is 11.0 Å². The molecule has 0 atom stereocenters. The lowest BCUT2D eigenvalue weighted by atomic mass is 10.1. The minimum atomic E-state index is -0.380. The van der Waals surface area contributed by atoms with E-state index < -0.39 is 0 Å². The third-order valence-corrected chi connectivity index (χ3v) is 5.50. The molecule has 34 heavy (non-hydrogen) atoms. The predicted octanol–water partition coefficient (Wildman–Crippen LogP) is 3.78. The van der Waals surface area contributed by atoms with E-state index in [-0.39, 0.29) is 5.63 Å². The van der Waals surface area contributed by atoms with Gasteiger partial charge in [0.15, 0.2) is 0 Å². The number of fused-ring (bicyclic) bond motifs is 1. The molecule has 0 unspecified atom stereocenters. The van der Waals surface area contributed by atoms with Crippen molar-refractivity contribution in [3.63, 3.8) is 0 Å². The van der Waals surface area contributed by atoms with Gasteiger partial charge in [-0.3, -0.25) is 9.36 Å². The molecule has 0 saturated heterocycles. The summed E-state index contributed by atoms with van der Waals surface area (Å²) in [6, 6.07) is 5.15. The molecule has 4 aromatic rings. The highest BCUT2D eigenvalue weighted by atomic mass is 16.5. The molecule has 180 valence electrons. The topological polar surface area (TPSA) is 110 Å². The molecule has 0 fully saturated rings. The highest BCUT2D eigenvalue weighted by molar-refractivity contribution is 5.88. The van der Waals surface area contributed by atoms with Gasteiger partial charge >= 0.3 is 5.63 Å². The molecule has 10 heteroatoms. The lowest BCUT2D eigenvalue weighted by Gasteiger charge is -2.13. The van der Waals surface area contributed by atoms with Crippen LogP contribution in [0.5, 0.6) is 11.5 Å². The largest absolute Gasteiger partial charge is 0.493 e. The second kappa shape index (κ2) is 12.0. The number of nitrogens with zero attached hydrogens (tertiary/aromatic N) is 6. The van der Waals surface area contributed by atoms with Gasteiger partial charge < -0.3 is 13.9 Å². The van der Waals surface area contributed by atoms with E-state index in [1.165, 1.54) is 6.07 Å². The van der Waals surface area contributed by atoms with Crippen LogP contribution in [0.15, 0.2) is 52.7 Å². The average Bonchev–Trinajstić information content (AvgIpc) is 3.52. The molecule has 0 bridgehead atoms. The zero-order chi connectivity index (χ0) is 23.6. The summed E-state index contributed by atoms with van der Waals surface area (Å²) < 4.78 is 21.2. The van der Waals surface area contributed by atoms with Crippen molar-refractivity contribution in [2.24, 2.45) is 0 Å². The van der Waals surface area contributed by atoms with Crippen LogP contribution in [0.1, 0.15) is 44.1 Å². The standard InChI is InChI=1S/C24H30N6O4/c1-19-12-23(31)34-22-14-20(32-10-6-2-4-8-29-17-25-15-27-29)13-21(24(19)22)33-11-7-3-5-9-30-18-26-16-28-30/h12-18H,2-11H2,1H3. The van der Waals surface area contributed by atoms with E-state index in [1.807, 2.05) is 22.4 Å². The van der Waals surface area contributed by atoms with Crippen LogP contribution in [0.3, 0.4) is 0 Å². The lowest BCUT2D eigenvalue weighted by molar-refractivity contribution is 0.290. The molecule has 3 heterocycles. The van der Waals surface area contributed by atoms with Crippen LogP contribution in [0.2, 0.25) is 0 Å². The Bertz CT molecular complexity index is 1200. The second-order valence-corrected chi connectivity index (χ2v) is 8.18. The molecule has 1 aromatic carbocycles. The Balaban J connectivity index is 1.30.